The fourth-order valence-corrected chi connectivity index (χ4v) is 2.99. The zero-order valence-corrected chi connectivity index (χ0v) is 15.6. The maximum Gasteiger partial charge on any atom is 0.341 e. The van der Waals surface area contributed by atoms with Gasteiger partial charge in [0.25, 0.3) is 0 Å². The number of carbonyl (C=O) groups is 2. The van der Waals surface area contributed by atoms with Crippen molar-refractivity contribution in [3.63, 3.8) is 0 Å². The van der Waals surface area contributed by atoms with E-state index in [1.165, 1.54) is 44.4 Å². The second-order valence-corrected chi connectivity index (χ2v) is 7.91. The fraction of sp³-hybridized carbons (Fsp3) is 0.158. The average Bonchev–Trinajstić information content (AvgIpc) is 2.65. The number of hydrogen-bond acceptors (Lipinski definition) is 5. The molecule has 142 valence electrons. The zero-order valence-electron chi connectivity index (χ0n) is 14.8. The van der Waals surface area contributed by atoms with E-state index in [1.807, 2.05) is 0 Å². The van der Waals surface area contributed by atoms with Gasteiger partial charge in [0.15, 0.2) is 12.4 Å². The van der Waals surface area contributed by atoms with E-state index in [1.54, 1.807) is 30.3 Å². The molecule has 0 fully saturated rings. The predicted octanol–water partition coefficient (Wildman–Crippen LogP) is 2.30. The number of rotatable bonds is 8. The number of allylic oxidation sites excluding steroid dienone is 1. The number of ketones is 1. The van der Waals surface area contributed by atoms with Crippen molar-refractivity contribution in [3.05, 3.63) is 65.7 Å². The zero-order chi connectivity index (χ0) is 20.0. The minimum absolute atomic E-state index is 0.116. The maximum absolute atomic E-state index is 12.2. The van der Waals surface area contributed by atoms with Crippen LogP contribution in [-0.4, -0.2) is 50.3 Å². The number of benzene rings is 2. The molecule has 0 aliphatic carbocycles. The second-order valence-electron chi connectivity index (χ2n) is 5.76. The van der Waals surface area contributed by atoms with E-state index >= 15 is 0 Å². The quantitative estimate of drug-likeness (QED) is 0.549. The summed E-state index contributed by atoms with van der Waals surface area (Å²) in [6, 6.07) is 12.3. The molecule has 2 aromatic rings. The van der Waals surface area contributed by atoms with Crippen molar-refractivity contribution in [2.24, 2.45) is 0 Å². The third-order valence-electron chi connectivity index (χ3n) is 3.59. The summed E-state index contributed by atoms with van der Waals surface area (Å²) in [6.45, 7) is -0.423. The van der Waals surface area contributed by atoms with Crippen LogP contribution in [0.1, 0.15) is 15.9 Å². The Kier molecular flexibility index (Phi) is 6.49. The topological polar surface area (TPSA) is 101 Å². The van der Waals surface area contributed by atoms with Crippen LogP contribution in [0.15, 0.2) is 59.5 Å². The Labute approximate surface area is 157 Å². The molecule has 0 bridgehead atoms. The van der Waals surface area contributed by atoms with Gasteiger partial charge in [0.1, 0.15) is 5.75 Å². The summed E-state index contributed by atoms with van der Waals surface area (Å²) in [4.78, 5) is 22.8. The molecule has 0 amide bonds. The lowest BCUT2D eigenvalue weighted by atomic mass is 10.1. The summed E-state index contributed by atoms with van der Waals surface area (Å²) in [5.74, 6) is -0.914. The van der Waals surface area contributed by atoms with Gasteiger partial charge in [0.05, 0.1) is 4.90 Å². The standard InChI is InChI=1S/C19H19NO6S/c1-20(2)27(24,25)17-10-6-15(7-11-17)18(21)12-5-14-3-8-16(9-4-14)26-13-19(22)23/h3-12H,13H2,1-2H3,(H,22,23). The largest absolute Gasteiger partial charge is 0.482 e. The van der Waals surface area contributed by atoms with Crippen molar-refractivity contribution < 1.29 is 27.9 Å². The van der Waals surface area contributed by atoms with E-state index in [9.17, 15) is 18.0 Å². The van der Waals surface area contributed by atoms with E-state index < -0.39 is 22.6 Å². The molecule has 0 radical (unpaired) electrons. The van der Waals surface area contributed by atoms with Crippen LogP contribution in [0.5, 0.6) is 5.75 Å². The first-order valence-electron chi connectivity index (χ1n) is 7.90. The van der Waals surface area contributed by atoms with Crippen molar-refractivity contribution >= 4 is 27.9 Å². The van der Waals surface area contributed by atoms with Gasteiger partial charge in [-0.2, -0.15) is 0 Å². The van der Waals surface area contributed by atoms with Crippen LogP contribution in [0.3, 0.4) is 0 Å². The van der Waals surface area contributed by atoms with Gasteiger partial charge in [-0.3, -0.25) is 4.79 Å². The van der Waals surface area contributed by atoms with Gasteiger partial charge in [0.2, 0.25) is 10.0 Å². The molecule has 2 rings (SSSR count). The summed E-state index contributed by atoms with van der Waals surface area (Å²) in [6.07, 6.45) is 2.98. The number of aliphatic carboxylic acids is 1. The second kappa shape index (κ2) is 8.61. The van der Waals surface area contributed by atoms with Gasteiger partial charge in [-0.25, -0.2) is 17.5 Å². The fourth-order valence-electron chi connectivity index (χ4n) is 2.09. The molecule has 0 aliphatic heterocycles. The van der Waals surface area contributed by atoms with Crippen molar-refractivity contribution in [1.29, 1.82) is 0 Å². The van der Waals surface area contributed by atoms with Crippen LogP contribution >= 0.6 is 0 Å². The lowest BCUT2D eigenvalue weighted by Gasteiger charge is -2.11. The molecule has 2 aromatic carbocycles. The van der Waals surface area contributed by atoms with Gasteiger partial charge in [-0.1, -0.05) is 18.2 Å². The Balaban J connectivity index is 2.05. The number of hydrogen-bond donors (Lipinski definition) is 1. The number of carboxylic acids is 1. The van der Waals surface area contributed by atoms with Crippen molar-refractivity contribution in [3.8, 4) is 5.75 Å². The molecule has 0 aromatic heterocycles. The number of carboxylic acid groups (broad SMARTS) is 1. The van der Waals surface area contributed by atoms with E-state index in [0.717, 1.165) is 9.87 Å². The number of ether oxygens (including phenoxy) is 1. The molecule has 0 saturated heterocycles. The van der Waals surface area contributed by atoms with E-state index in [4.69, 9.17) is 9.84 Å². The van der Waals surface area contributed by atoms with Gasteiger partial charge < -0.3 is 9.84 Å². The molecule has 0 heterocycles. The molecule has 0 atom stereocenters. The highest BCUT2D eigenvalue weighted by Crippen LogP contribution is 2.16. The monoisotopic (exact) mass is 389 g/mol. The van der Waals surface area contributed by atoms with Gasteiger partial charge in [-0.05, 0) is 48.0 Å². The molecule has 0 unspecified atom stereocenters. The van der Waals surface area contributed by atoms with Crippen LogP contribution in [0.4, 0.5) is 0 Å². The van der Waals surface area contributed by atoms with Crippen molar-refractivity contribution in [1.82, 2.24) is 4.31 Å². The first-order chi connectivity index (χ1) is 12.7. The minimum Gasteiger partial charge on any atom is -0.482 e. The van der Waals surface area contributed by atoms with Gasteiger partial charge in [-0.15, -0.1) is 0 Å². The van der Waals surface area contributed by atoms with Crippen LogP contribution in [0.25, 0.3) is 6.08 Å². The molecule has 0 spiro atoms. The smallest absolute Gasteiger partial charge is 0.341 e. The summed E-state index contributed by atoms with van der Waals surface area (Å²) >= 11 is 0. The molecule has 8 heteroatoms. The first-order valence-corrected chi connectivity index (χ1v) is 9.34. The molecule has 27 heavy (non-hydrogen) atoms. The Morgan fingerprint density at radius 2 is 1.63 bits per heavy atom. The third kappa shape index (κ3) is 5.50. The third-order valence-corrected chi connectivity index (χ3v) is 5.42. The number of sulfonamides is 1. The van der Waals surface area contributed by atoms with Crippen LogP contribution in [-0.2, 0) is 14.8 Å². The molecular formula is C19H19NO6S. The average molecular weight is 389 g/mol. The highest BCUT2D eigenvalue weighted by atomic mass is 32.2. The Hall–Kier alpha value is -2.97. The maximum atomic E-state index is 12.2. The van der Waals surface area contributed by atoms with Crippen LogP contribution in [0.2, 0.25) is 0 Å². The Bertz CT molecular complexity index is 945. The molecule has 1 N–H and O–H groups in total. The molecule has 7 nitrogen and oxygen atoms in total. The normalized spacial score (nSPS) is 11.7. The molecule has 0 aliphatic rings. The molecular weight excluding hydrogens is 370 g/mol. The first kappa shape index (κ1) is 20.3. The highest BCUT2D eigenvalue weighted by Gasteiger charge is 2.17. The summed E-state index contributed by atoms with van der Waals surface area (Å²) in [5, 5.41) is 8.56. The van der Waals surface area contributed by atoms with Crippen molar-refractivity contribution in [2.45, 2.75) is 4.90 Å². The Morgan fingerprint density at radius 3 is 2.15 bits per heavy atom. The highest BCUT2D eigenvalue weighted by molar-refractivity contribution is 7.89. The lowest BCUT2D eigenvalue weighted by molar-refractivity contribution is -0.139. The predicted molar refractivity (Wildman–Crippen MR) is 100 cm³/mol. The van der Waals surface area contributed by atoms with Crippen LogP contribution in [0, 0.1) is 0 Å². The van der Waals surface area contributed by atoms with E-state index in [0.29, 0.717) is 11.3 Å². The summed E-state index contributed by atoms with van der Waals surface area (Å²) in [5.41, 5.74) is 1.10. The van der Waals surface area contributed by atoms with Crippen molar-refractivity contribution in [2.75, 3.05) is 20.7 Å². The minimum atomic E-state index is -3.53. The number of carbonyl (C=O) groups excluding carboxylic acids is 1. The van der Waals surface area contributed by atoms with E-state index in [2.05, 4.69) is 0 Å². The number of nitrogens with zero attached hydrogens (tertiary/aromatic N) is 1. The van der Waals surface area contributed by atoms with Gasteiger partial charge >= 0.3 is 5.97 Å². The van der Waals surface area contributed by atoms with Gasteiger partial charge in [0, 0.05) is 19.7 Å². The van der Waals surface area contributed by atoms with Crippen LogP contribution < -0.4 is 4.74 Å². The summed E-state index contributed by atoms with van der Waals surface area (Å²) < 4.78 is 30.2. The Morgan fingerprint density at radius 1 is 1.04 bits per heavy atom. The SMILES string of the molecule is CN(C)S(=O)(=O)c1ccc(C(=O)C=Cc2ccc(OCC(=O)O)cc2)cc1. The van der Waals surface area contributed by atoms with E-state index in [-0.39, 0.29) is 10.7 Å². The summed E-state index contributed by atoms with van der Waals surface area (Å²) in [7, 11) is -0.654. The molecule has 0 saturated carbocycles. The lowest BCUT2D eigenvalue weighted by Crippen LogP contribution is -2.22.